The van der Waals surface area contributed by atoms with Crippen LogP contribution in [0.25, 0.3) is 22.7 Å². The first-order valence-corrected chi connectivity index (χ1v) is 14.0. The lowest BCUT2D eigenvalue weighted by Crippen LogP contribution is -2.08. The number of benzene rings is 2. The summed E-state index contributed by atoms with van der Waals surface area (Å²) in [5.74, 6) is 0.00596. The maximum Gasteiger partial charge on any atom is 0.221 e. The zero-order chi connectivity index (χ0) is 29.1. The lowest BCUT2D eigenvalue weighted by molar-refractivity contribution is -0.114. The van der Waals surface area contributed by atoms with E-state index in [0.29, 0.717) is 45.9 Å². The Morgan fingerprint density at radius 1 is 1.21 bits per heavy atom. The number of hydrogen-bond acceptors (Lipinski definition) is 3. The van der Waals surface area contributed by atoms with Crippen LogP contribution < -0.4 is 10.1 Å². The number of anilines is 1. The summed E-state index contributed by atoms with van der Waals surface area (Å²) in [5.41, 5.74) is 4.83. The van der Waals surface area contributed by atoms with Gasteiger partial charge in [0.1, 0.15) is 17.3 Å². The first-order chi connectivity index (χ1) is 18.6. The summed E-state index contributed by atoms with van der Waals surface area (Å²) in [7, 11) is 2.56. The molecule has 1 atom stereocenters. The van der Waals surface area contributed by atoms with Crippen LogP contribution in [0.15, 0.2) is 78.7 Å². The van der Waals surface area contributed by atoms with E-state index in [4.69, 9.17) is 16.3 Å². The molecule has 2 N–H and O–H groups in total. The first kappa shape index (κ1) is 31.9. The van der Waals surface area contributed by atoms with Gasteiger partial charge in [0.05, 0.1) is 12.3 Å². The maximum absolute atomic E-state index is 14.3. The smallest absolute Gasteiger partial charge is 0.221 e. The highest BCUT2D eigenvalue weighted by Crippen LogP contribution is 2.37. The second kappa shape index (κ2) is 15.3. The van der Waals surface area contributed by atoms with E-state index in [0.717, 1.165) is 17.0 Å². The number of nitrogens with one attached hydrogen (secondary N) is 1. The van der Waals surface area contributed by atoms with E-state index >= 15 is 0 Å². The standard InChI is InChI=1S/C29H31ClFN2O3P.C2H6/c1-5-6-27(31)21(17-37)11-12-36-29-10-8-23(30)15-26(29)28-9-7-18(2)33(28)25-14-22(19(3)34)13-24(16-25)32-20(4)35;1-2/h5-10,13-16,34H,3,11-12,17,37H2,1-2,4H3,(H,32,35);1-2H3/b6-5-,27-21+;. The second-order valence-corrected chi connectivity index (χ2v) is 9.33. The average Bonchev–Trinajstić information content (AvgIpc) is 3.29. The lowest BCUT2D eigenvalue weighted by Gasteiger charge is -2.18. The monoisotopic (exact) mass is 570 g/mol. The Kier molecular flexibility index (Phi) is 12.5. The topological polar surface area (TPSA) is 63.5 Å². The van der Waals surface area contributed by atoms with Gasteiger partial charge in [-0.25, -0.2) is 4.39 Å². The summed E-state index contributed by atoms with van der Waals surface area (Å²) in [4.78, 5) is 11.7. The third kappa shape index (κ3) is 8.58. The van der Waals surface area contributed by atoms with Crippen molar-refractivity contribution in [1.82, 2.24) is 4.57 Å². The van der Waals surface area contributed by atoms with Gasteiger partial charge in [0.2, 0.25) is 5.91 Å². The fourth-order valence-electron chi connectivity index (χ4n) is 3.97. The van der Waals surface area contributed by atoms with E-state index in [1.165, 1.54) is 13.0 Å². The number of amides is 1. The van der Waals surface area contributed by atoms with Crippen molar-refractivity contribution in [2.45, 2.75) is 41.0 Å². The highest BCUT2D eigenvalue weighted by Gasteiger charge is 2.17. The van der Waals surface area contributed by atoms with Crippen molar-refractivity contribution in [1.29, 1.82) is 0 Å². The molecule has 2 aromatic carbocycles. The molecule has 3 aromatic rings. The Morgan fingerprint density at radius 3 is 2.54 bits per heavy atom. The third-order valence-corrected chi connectivity index (χ3v) is 6.41. The van der Waals surface area contributed by atoms with Crippen molar-refractivity contribution in [3.8, 4) is 22.7 Å². The Bertz CT molecular complexity index is 1380. The normalized spacial score (nSPS) is 11.5. The number of carbonyl (C=O) groups is 1. The van der Waals surface area contributed by atoms with Gasteiger partial charge in [-0.1, -0.05) is 38.1 Å². The zero-order valence-corrected chi connectivity index (χ0v) is 25.1. The first-order valence-electron chi connectivity index (χ1n) is 12.8. The van der Waals surface area contributed by atoms with Crippen molar-refractivity contribution in [2.24, 2.45) is 0 Å². The molecule has 0 spiro atoms. The molecule has 0 saturated carbocycles. The van der Waals surface area contributed by atoms with Crippen LogP contribution >= 0.6 is 20.8 Å². The fraction of sp³-hybridized carbons (Fsp3) is 0.258. The van der Waals surface area contributed by atoms with Gasteiger partial charge in [-0.05, 0) is 80.2 Å². The number of aromatic nitrogens is 1. The van der Waals surface area contributed by atoms with Crippen LogP contribution in [0.1, 0.15) is 45.4 Å². The maximum atomic E-state index is 14.3. The number of aliphatic hydroxyl groups excluding tert-OH is 1. The molecule has 1 aromatic heterocycles. The number of nitrogens with zero attached hydrogens (tertiary/aromatic N) is 1. The van der Waals surface area contributed by atoms with E-state index in [9.17, 15) is 14.3 Å². The van der Waals surface area contributed by atoms with Crippen LogP contribution in [0, 0.1) is 6.92 Å². The molecule has 0 radical (unpaired) electrons. The second-order valence-electron chi connectivity index (χ2n) is 8.49. The zero-order valence-electron chi connectivity index (χ0n) is 23.1. The van der Waals surface area contributed by atoms with E-state index in [2.05, 4.69) is 21.1 Å². The van der Waals surface area contributed by atoms with Crippen LogP contribution in [-0.2, 0) is 4.79 Å². The predicted molar refractivity (Wildman–Crippen MR) is 166 cm³/mol. The minimum atomic E-state index is -0.248. The molecule has 39 heavy (non-hydrogen) atoms. The summed E-state index contributed by atoms with van der Waals surface area (Å²) in [5, 5.41) is 13.4. The summed E-state index contributed by atoms with van der Waals surface area (Å²) in [6.07, 6.45) is 4.07. The van der Waals surface area contributed by atoms with E-state index < -0.39 is 0 Å². The molecule has 1 unspecified atom stereocenters. The summed E-state index contributed by atoms with van der Waals surface area (Å²) in [6, 6.07) is 14.5. The van der Waals surface area contributed by atoms with Crippen LogP contribution in [-0.4, -0.2) is 28.3 Å². The van der Waals surface area contributed by atoms with Crippen molar-refractivity contribution in [3.05, 3.63) is 94.9 Å². The van der Waals surface area contributed by atoms with Gasteiger partial charge in [-0.3, -0.25) is 4.79 Å². The number of halogens is 2. The Hall–Kier alpha value is -3.34. The Labute approximate surface area is 238 Å². The molecule has 5 nitrogen and oxygen atoms in total. The van der Waals surface area contributed by atoms with Crippen molar-refractivity contribution >= 4 is 38.2 Å². The van der Waals surface area contributed by atoms with Crippen LogP contribution in [0.4, 0.5) is 10.1 Å². The van der Waals surface area contributed by atoms with Crippen LogP contribution in [0.2, 0.25) is 5.02 Å². The molecule has 0 fully saturated rings. The average molecular weight is 571 g/mol. The number of rotatable bonds is 10. The SMILES string of the molecule is C=C(O)c1cc(NC(C)=O)cc(-n2c(C)ccc2-c2cc(Cl)ccc2OCC/C(CP)=C(F)/C=C\C)c1.CC. The van der Waals surface area contributed by atoms with Gasteiger partial charge in [-0.15, -0.1) is 9.24 Å². The van der Waals surface area contributed by atoms with Crippen LogP contribution in [0.5, 0.6) is 5.75 Å². The molecule has 8 heteroatoms. The quantitative estimate of drug-likeness (QED) is 0.145. The highest BCUT2D eigenvalue weighted by atomic mass is 35.5. The predicted octanol–water partition coefficient (Wildman–Crippen LogP) is 9.06. The molecule has 1 heterocycles. The van der Waals surface area contributed by atoms with Crippen molar-refractivity contribution in [3.63, 3.8) is 0 Å². The minimum Gasteiger partial charge on any atom is -0.508 e. The van der Waals surface area contributed by atoms with Crippen molar-refractivity contribution in [2.75, 3.05) is 18.1 Å². The molecule has 0 bridgehead atoms. The molecule has 208 valence electrons. The molecule has 0 aliphatic heterocycles. The molecule has 0 aliphatic rings. The van der Waals surface area contributed by atoms with Crippen LogP contribution in [0.3, 0.4) is 0 Å². The molecule has 3 rings (SSSR count). The van der Waals surface area contributed by atoms with Gasteiger partial charge in [0.25, 0.3) is 0 Å². The van der Waals surface area contributed by atoms with Gasteiger partial charge in [0, 0.05) is 46.6 Å². The number of allylic oxidation sites excluding steroid dienone is 3. The van der Waals surface area contributed by atoms with E-state index in [-0.39, 0.29) is 24.1 Å². The molecule has 1 amide bonds. The molecular formula is C31H37ClFN2O3P. The lowest BCUT2D eigenvalue weighted by atomic mass is 10.1. The number of ether oxygens (including phenoxy) is 1. The fourth-order valence-corrected chi connectivity index (χ4v) is 4.54. The third-order valence-electron chi connectivity index (χ3n) is 5.68. The number of hydrogen-bond donors (Lipinski definition) is 2. The Morgan fingerprint density at radius 2 is 1.92 bits per heavy atom. The molecular weight excluding hydrogens is 534 g/mol. The van der Waals surface area contributed by atoms with Crippen molar-refractivity contribution < 1.29 is 19.0 Å². The summed E-state index contributed by atoms with van der Waals surface area (Å²) < 4.78 is 22.4. The van der Waals surface area contributed by atoms with Gasteiger partial charge in [0.15, 0.2) is 0 Å². The molecule has 0 aliphatic carbocycles. The van der Waals surface area contributed by atoms with Gasteiger partial charge >= 0.3 is 0 Å². The minimum absolute atomic E-state index is 0.116. The van der Waals surface area contributed by atoms with Gasteiger partial charge in [-0.2, -0.15) is 0 Å². The summed E-state index contributed by atoms with van der Waals surface area (Å²) in [6.45, 7) is 13.1. The number of aryl methyl sites for hydroxylation is 1. The largest absolute Gasteiger partial charge is 0.508 e. The number of carbonyl (C=O) groups excluding carboxylic acids is 1. The highest BCUT2D eigenvalue weighted by molar-refractivity contribution is 7.16. The van der Waals surface area contributed by atoms with Gasteiger partial charge < -0.3 is 19.7 Å². The summed E-state index contributed by atoms with van der Waals surface area (Å²) >= 11 is 6.38. The molecule has 0 saturated heterocycles. The van der Waals surface area contributed by atoms with E-state index in [1.807, 2.05) is 49.6 Å². The van der Waals surface area contributed by atoms with E-state index in [1.54, 1.807) is 37.3 Å². The number of aliphatic hydroxyl groups is 1. The Balaban J connectivity index is 0.00000260.